The molecular weight excluding hydrogens is 635 g/mol. The summed E-state index contributed by atoms with van der Waals surface area (Å²) in [6.45, 7) is 18.2. The van der Waals surface area contributed by atoms with Gasteiger partial charge in [0.25, 0.3) is 11.4 Å². The Morgan fingerprint density at radius 3 is 1.18 bits per heavy atom. The van der Waals surface area contributed by atoms with Crippen LogP contribution in [0.2, 0.25) is 0 Å². The van der Waals surface area contributed by atoms with Gasteiger partial charge in [-0.2, -0.15) is 0 Å². The first kappa shape index (κ1) is 35.1. The monoisotopic (exact) mass is 667 g/mol. The lowest BCUT2D eigenvalue weighted by atomic mass is 10.1. The maximum Gasteiger partial charge on any atom is 0.333 e. The average Bonchev–Trinajstić information content (AvgIpc) is 3.13. The molecule has 7 nitrogen and oxygen atoms in total. The van der Waals surface area contributed by atoms with Gasteiger partial charge in [0.15, 0.2) is 0 Å². The van der Waals surface area contributed by atoms with Crippen molar-refractivity contribution in [2.75, 3.05) is 4.90 Å². The Morgan fingerprint density at radius 2 is 0.863 bits per heavy atom. The SMILES string of the molecule is [C-]#[N+]C(=Cc1ccc(C=Cc2ccc(N(c3ccc(C=Cc4ccc(C=C([N+]#[C-])C(=O)O)cc4)cc3)c3ccc(C)cc3C)cc2)cc1)C(=O)O. The van der Waals surface area contributed by atoms with Crippen molar-refractivity contribution < 1.29 is 19.8 Å². The van der Waals surface area contributed by atoms with Crippen LogP contribution >= 0.6 is 0 Å². The first-order chi connectivity index (χ1) is 24.6. The second kappa shape index (κ2) is 16.3. The first-order valence-electron chi connectivity index (χ1n) is 15.9. The van der Waals surface area contributed by atoms with Crippen LogP contribution in [0.15, 0.2) is 127 Å². The van der Waals surface area contributed by atoms with E-state index in [1.807, 2.05) is 48.6 Å². The van der Waals surface area contributed by atoms with E-state index in [1.165, 1.54) is 17.7 Å². The average molecular weight is 668 g/mol. The molecule has 2 N–H and O–H groups in total. The van der Waals surface area contributed by atoms with E-state index in [2.05, 4.69) is 95.2 Å². The van der Waals surface area contributed by atoms with Gasteiger partial charge in [-0.25, -0.2) is 9.69 Å². The molecule has 0 bridgehead atoms. The minimum Gasteiger partial charge on any atom is -0.486 e. The van der Waals surface area contributed by atoms with Crippen LogP contribution in [0.4, 0.5) is 17.1 Å². The molecule has 0 atom stereocenters. The summed E-state index contributed by atoms with van der Waals surface area (Å²) in [4.78, 5) is 30.6. The maximum atomic E-state index is 11.1. The zero-order valence-corrected chi connectivity index (χ0v) is 28.0. The predicted molar refractivity (Wildman–Crippen MR) is 206 cm³/mol. The van der Waals surface area contributed by atoms with E-state index < -0.39 is 11.9 Å². The zero-order chi connectivity index (χ0) is 36.3. The van der Waals surface area contributed by atoms with Crippen molar-refractivity contribution in [3.05, 3.63) is 194 Å². The number of aryl methyl sites for hydroxylation is 2. The van der Waals surface area contributed by atoms with Crippen molar-refractivity contribution >= 4 is 65.5 Å². The molecule has 0 aliphatic heterocycles. The van der Waals surface area contributed by atoms with Crippen LogP contribution in [0.25, 0.3) is 46.1 Å². The topological polar surface area (TPSA) is 86.6 Å². The van der Waals surface area contributed by atoms with Crippen LogP contribution in [0.5, 0.6) is 0 Å². The number of carboxylic acids is 2. The molecule has 0 aromatic heterocycles. The molecule has 0 fully saturated rings. The Balaban J connectivity index is 1.35. The highest BCUT2D eigenvalue weighted by atomic mass is 16.4. The van der Waals surface area contributed by atoms with E-state index >= 15 is 0 Å². The van der Waals surface area contributed by atoms with Gasteiger partial charge >= 0.3 is 11.9 Å². The number of hydrogen-bond donors (Lipinski definition) is 2. The number of carbonyl (C=O) groups is 2. The third-order valence-electron chi connectivity index (χ3n) is 7.99. The molecule has 0 saturated heterocycles. The number of benzene rings is 5. The fourth-order valence-corrected chi connectivity index (χ4v) is 5.34. The highest BCUT2D eigenvalue weighted by Crippen LogP contribution is 2.37. The summed E-state index contributed by atoms with van der Waals surface area (Å²) in [5.41, 5.74) is 10.00. The van der Waals surface area contributed by atoms with Gasteiger partial charge in [-0.05, 0) is 95.3 Å². The first-order valence-corrected chi connectivity index (χ1v) is 15.9. The molecule has 0 radical (unpaired) electrons. The number of rotatable bonds is 11. The second-order valence-electron chi connectivity index (χ2n) is 11.7. The summed E-state index contributed by atoms with van der Waals surface area (Å²) in [7, 11) is 0. The van der Waals surface area contributed by atoms with Gasteiger partial charge in [-0.1, -0.05) is 115 Å². The summed E-state index contributed by atoms with van der Waals surface area (Å²) in [5, 5.41) is 18.2. The molecule has 5 aromatic carbocycles. The molecule has 51 heavy (non-hydrogen) atoms. The predicted octanol–water partition coefficient (Wildman–Crippen LogP) is 10.8. The fourth-order valence-electron chi connectivity index (χ4n) is 5.34. The van der Waals surface area contributed by atoms with Crippen LogP contribution in [0, 0.1) is 27.0 Å². The van der Waals surface area contributed by atoms with E-state index in [-0.39, 0.29) is 11.4 Å². The molecule has 7 heteroatoms. The molecule has 5 aromatic rings. The highest BCUT2D eigenvalue weighted by molar-refractivity contribution is 5.94. The third-order valence-corrected chi connectivity index (χ3v) is 7.99. The van der Waals surface area contributed by atoms with Gasteiger partial charge in [-0.3, -0.25) is 9.59 Å². The molecule has 0 aliphatic carbocycles. The molecule has 0 amide bonds. The Labute approximate surface area is 297 Å². The summed E-state index contributed by atoms with van der Waals surface area (Å²) in [6.07, 6.45) is 10.7. The number of anilines is 3. The normalized spacial score (nSPS) is 11.7. The Kier molecular flexibility index (Phi) is 11.2. The summed E-state index contributed by atoms with van der Waals surface area (Å²) < 4.78 is 0. The summed E-state index contributed by atoms with van der Waals surface area (Å²) >= 11 is 0. The largest absolute Gasteiger partial charge is 0.486 e. The van der Waals surface area contributed by atoms with Crippen molar-refractivity contribution in [1.82, 2.24) is 0 Å². The van der Waals surface area contributed by atoms with E-state index in [1.54, 1.807) is 24.3 Å². The van der Waals surface area contributed by atoms with Crippen molar-refractivity contribution in [1.29, 1.82) is 0 Å². The van der Waals surface area contributed by atoms with E-state index in [4.69, 9.17) is 23.4 Å². The quantitative estimate of drug-likeness (QED) is 0.0832. The number of hydrogen-bond acceptors (Lipinski definition) is 3. The van der Waals surface area contributed by atoms with Gasteiger partial charge < -0.3 is 15.1 Å². The van der Waals surface area contributed by atoms with Gasteiger partial charge in [0, 0.05) is 17.1 Å². The van der Waals surface area contributed by atoms with E-state index in [0.717, 1.165) is 44.9 Å². The van der Waals surface area contributed by atoms with Gasteiger partial charge in [-0.15, -0.1) is 0 Å². The van der Waals surface area contributed by atoms with Crippen LogP contribution in [0.3, 0.4) is 0 Å². The molecule has 0 aliphatic rings. The fraction of sp³-hybridized carbons (Fsp3) is 0.0455. The lowest BCUT2D eigenvalue weighted by molar-refractivity contribution is -0.133. The van der Waals surface area contributed by atoms with Crippen LogP contribution in [-0.2, 0) is 9.59 Å². The maximum absolute atomic E-state index is 11.1. The second-order valence-corrected chi connectivity index (χ2v) is 11.7. The molecular formula is C44H33N3O4. The van der Waals surface area contributed by atoms with Gasteiger partial charge in [0.2, 0.25) is 0 Å². The molecule has 0 spiro atoms. The number of aliphatic carboxylic acids is 2. The molecule has 0 unspecified atom stereocenters. The Bertz CT molecular complexity index is 2130. The lowest BCUT2D eigenvalue weighted by Crippen LogP contribution is -2.11. The van der Waals surface area contributed by atoms with Crippen LogP contribution < -0.4 is 4.90 Å². The minimum absolute atomic E-state index is 0.326. The third kappa shape index (κ3) is 9.23. The molecule has 0 saturated carbocycles. The summed E-state index contributed by atoms with van der Waals surface area (Å²) in [5.74, 6) is -2.49. The standard InChI is InChI=1S/C44H33N3O4/c1-30-5-26-42(31(2)27-30)47(38-22-18-34(19-23-38)8-6-32-10-14-36(15-11-32)28-40(45-3)43(48)49)39-24-20-35(21-25-39)9-7-33-12-16-37(17-13-33)29-41(46-4)44(50)51/h5-29H,1-2H3,(H,48,49)(H,50,51). The van der Waals surface area contributed by atoms with Crippen LogP contribution in [-0.4, -0.2) is 22.2 Å². The number of carboxylic acid groups (broad SMARTS) is 2. The minimum atomic E-state index is -1.24. The molecule has 248 valence electrons. The van der Waals surface area contributed by atoms with Crippen molar-refractivity contribution in [3.8, 4) is 0 Å². The van der Waals surface area contributed by atoms with Gasteiger partial charge in [0.05, 0.1) is 13.1 Å². The number of nitrogens with zero attached hydrogens (tertiary/aromatic N) is 3. The Hall–Kier alpha value is -7.22. The summed E-state index contributed by atoms with van der Waals surface area (Å²) in [6, 6.07) is 37.7. The zero-order valence-electron chi connectivity index (χ0n) is 28.0. The van der Waals surface area contributed by atoms with Crippen molar-refractivity contribution in [2.24, 2.45) is 0 Å². The van der Waals surface area contributed by atoms with E-state index in [0.29, 0.717) is 11.1 Å². The molecule has 5 rings (SSSR count). The highest BCUT2D eigenvalue weighted by Gasteiger charge is 2.15. The van der Waals surface area contributed by atoms with Crippen molar-refractivity contribution in [2.45, 2.75) is 13.8 Å². The van der Waals surface area contributed by atoms with E-state index in [9.17, 15) is 9.59 Å². The van der Waals surface area contributed by atoms with Crippen LogP contribution in [0.1, 0.15) is 44.5 Å². The molecule has 0 heterocycles. The van der Waals surface area contributed by atoms with Gasteiger partial charge in [0.1, 0.15) is 0 Å². The lowest BCUT2D eigenvalue weighted by Gasteiger charge is -2.27. The smallest absolute Gasteiger partial charge is 0.333 e. The Morgan fingerprint density at radius 1 is 0.529 bits per heavy atom. The van der Waals surface area contributed by atoms with Crippen molar-refractivity contribution in [3.63, 3.8) is 0 Å².